The molecule has 5 aromatic rings. The van der Waals surface area contributed by atoms with E-state index >= 15 is 0 Å². The number of thiazole rings is 1. The molecular weight excluding hydrogens is 472 g/mol. The highest BCUT2D eigenvalue weighted by Gasteiger charge is 2.24. The molecule has 2 aromatic carbocycles. The molecule has 1 unspecified atom stereocenters. The van der Waals surface area contributed by atoms with Gasteiger partial charge in [0.05, 0.1) is 26.3 Å². The second-order valence-corrected chi connectivity index (χ2v) is 9.15. The summed E-state index contributed by atoms with van der Waals surface area (Å²) in [7, 11) is 3.26. The van der Waals surface area contributed by atoms with Gasteiger partial charge in [0.1, 0.15) is 5.01 Å². The number of hydrogen-bond acceptors (Lipinski definition) is 6. The number of amides is 1. The zero-order chi connectivity index (χ0) is 24.9. The van der Waals surface area contributed by atoms with E-state index in [-0.39, 0.29) is 18.2 Å². The molecular formula is C28H26N4O3S. The van der Waals surface area contributed by atoms with Gasteiger partial charge in [0.15, 0.2) is 11.5 Å². The second-order valence-electron chi connectivity index (χ2n) is 8.29. The highest BCUT2D eigenvalue weighted by Crippen LogP contribution is 2.40. The topological polar surface area (TPSA) is 89.1 Å². The van der Waals surface area contributed by atoms with Crippen molar-refractivity contribution in [3.05, 3.63) is 95.4 Å². The lowest BCUT2D eigenvalue weighted by molar-refractivity contribution is -0.120. The Hall–Kier alpha value is -4.17. The Morgan fingerprint density at radius 2 is 1.94 bits per heavy atom. The van der Waals surface area contributed by atoms with E-state index < -0.39 is 0 Å². The molecule has 7 nitrogen and oxygen atoms in total. The van der Waals surface area contributed by atoms with Gasteiger partial charge in [-0.05, 0) is 29.8 Å². The molecule has 0 saturated heterocycles. The van der Waals surface area contributed by atoms with Crippen LogP contribution in [-0.4, -0.2) is 41.6 Å². The minimum Gasteiger partial charge on any atom is -0.493 e. The van der Waals surface area contributed by atoms with Crippen LogP contribution in [0.4, 0.5) is 0 Å². The summed E-state index contributed by atoms with van der Waals surface area (Å²) in [5.41, 5.74) is 4.73. The Morgan fingerprint density at radius 3 is 2.75 bits per heavy atom. The maximum absolute atomic E-state index is 13.0. The smallest absolute Gasteiger partial charge is 0.226 e. The maximum atomic E-state index is 13.0. The predicted molar refractivity (Wildman–Crippen MR) is 142 cm³/mol. The fourth-order valence-electron chi connectivity index (χ4n) is 4.41. The minimum atomic E-state index is -0.156. The molecule has 36 heavy (non-hydrogen) atoms. The molecule has 0 aliphatic heterocycles. The molecule has 5 rings (SSSR count). The Balaban J connectivity index is 1.40. The van der Waals surface area contributed by atoms with E-state index in [0.717, 1.165) is 38.3 Å². The average Bonchev–Trinajstić information content (AvgIpc) is 3.57. The number of aromatic amines is 1. The third-order valence-corrected chi connectivity index (χ3v) is 7.05. The molecule has 182 valence electrons. The summed E-state index contributed by atoms with van der Waals surface area (Å²) < 4.78 is 11.3. The third-order valence-electron chi connectivity index (χ3n) is 6.11. The summed E-state index contributed by atoms with van der Waals surface area (Å²) in [6.07, 6.45) is 5.70. The van der Waals surface area contributed by atoms with Crippen molar-refractivity contribution >= 4 is 28.1 Å². The van der Waals surface area contributed by atoms with Crippen molar-refractivity contribution in [3.8, 4) is 22.1 Å². The number of carbonyl (C=O) groups excluding carboxylic acids is 1. The van der Waals surface area contributed by atoms with E-state index in [9.17, 15) is 4.79 Å². The fourth-order valence-corrected chi connectivity index (χ4v) is 5.22. The van der Waals surface area contributed by atoms with Gasteiger partial charge in [0.25, 0.3) is 0 Å². The number of nitrogens with zero attached hydrogens (tertiary/aromatic N) is 2. The number of para-hydroxylation sites is 2. The minimum absolute atomic E-state index is 0.0928. The molecule has 0 fully saturated rings. The van der Waals surface area contributed by atoms with Crippen LogP contribution in [0.2, 0.25) is 0 Å². The molecule has 1 atom stereocenters. The first-order valence-electron chi connectivity index (χ1n) is 11.6. The number of H-pyrrole nitrogens is 1. The highest BCUT2D eigenvalue weighted by molar-refractivity contribution is 7.13. The van der Waals surface area contributed by atoms with E-state index in [4.69, 9.17) is 9.47 Å². The molecule has 0 spiro atoms. The van der Waals surface area contributed by atoms with Crippen molar-refractivity contribution in [2.24, 2.45) is 0 Å². The molecule has 3 heterocycles. The van der Waals surface area contributed by atoms with E-state index in [2.05, 4.69) is 26.3 Å². The summed E-state index contributed by atoms with van der Waals surface area (Å²) in [6, 6.07) is 17.8. The van der Waals surface area contributed by atoms with Crippen molar-refractivity contribution in [2.75, 3.05) is 20.8 Å². The summed E-state index contributed by atoms with van der Waals surface area (Å²) in [6.45, 7) is 0.393. The van der Waals surface area contributed by atoms with Gasteiger partial charge >= 0.3 is 0 Å². The summed E-state index contributed by atoms with van der Waals surface area (Å²) in [5, 5.41) is 6.99. The first-order chi connectivity index (χ1) is 17.7. The van der Waals surface area contributed by atoms with Crippen LogP contribution in [0.25, 0.3) is 21.5 Å². The average molecular weight is 499 g/mol. The van der Waals surface area contributed by atoms with E-state index in [1.165, 1.54) is 11.3 Å². The molecule has 2 N–H and O–H groups in total. The molecule has 0 aliphatic rings. The van der Waals surface area contributed by atoms with E-state index in [1.807, 2.05) is 60.1 Å². The van der Waals surface area contributed by atoms with Gasteiger partial charge < -0.3 is 19.8 Å². The Labute approximate surface area is 213 Å². The van der Waals surface area contributed by atoms with Crippen LogP contribution in [0.1, 0.15) is 22.7 Å². The van der Waals surface area contributed by atoms with Gasteiger partial charge in [-0.15, -0.1) is 11.3 Å². The number of fused-ring (bicyclic) bond motifs is 1. The lowest BCUT2D eigenvalue weighted by Gasteiger charge is -2.22. The molecule has 1 amide bonds. The number of carbonyl (C=O) groups is 1. The number of rotatable bonds is 9. The summed E-state index contributed by atoms with van der Waals surface area (Å²) >= 11 is 1.51. The van der Waals surface area contributed by atoms with Gasteiger partial charge in [0, 0.05) is 58.5 Å². The van der Waals surface area contributed by atoms with Crippen molar-refractivity contribution in [1.29, 1.82) is 0 Å². The van der Waals surface area contributed by atoms with Gasteiger partial charge in [-0.25, -0.2) is 4.98 Å². The standard InChI is InChI=1S/C28H26N4O3S/c1-34-25-11-5-9-21(27(25)35-2)23(22-15-30-24-10-4-3-8-20(22)24)16-31-26(33)13-19-17-36-28(32-19)18-7-6-12-29-14-18/h3-12,14-15,17,23,30H,13,16H2,1-2H3,(H,31,33). The first kappa shape index (κ1) is 23.6. The third kappa shape index (κ3) is 4.81. The van der Waals surface area contributed by atoms with Gasteiger partial charge in [-0.1, -0.05) is 30.3 Å². The van der Waals surface area contributed by atoms with Crippen LogP contribution < -0.4 is 14.8 Å². The Morgan fingerprint density at radius 1 is 1.06 bits per heavy atom. The highest BCUT2D eigenvalue weighted by atomic mass is 32.1. The zero-order valence-corrected chi connectivity index (χ0v) is 20.8. The van der Waals surface area contributed by atoms with Crippen LogP contribution in [0.5, 0.6) is 11.5 Å². The van der Waals surface area contributed by atoms with Crippen molar-refractivity contribution < 1.29 is 14.3 Å². The molecule has 0 radical (unpaired) electrons. The molecule has 8 heteroatoms. The first-order valence-corrected chi connectivity index (χ1v) is 12.4. The molecule has 0 saturated carbocycles. The number of nitrogens with one attached hydrogen (secondary N) is 2. The maximum Gasteiger partial charge on any atom is 0.226 e. The van der Waals surface area contributed by atoms with Crippen LogP contribution in [-0.2, 0) is 11.2 Å². The number of ether oxygens (including phenoxy) is 2. The quantitative estimate of drug-likeness (QED) is 0.292. The molecule has 0 aliphatic carbocycles. The summed E-state index contributed by atoms with van der Waals surface area (Å²) in [4.78, 5) is 25.1. The molecule has 3 aromatic heterocycles. The number of methoxy groups -OCH3 is 2. The van der Waals surface area contributed by atoms with E-state index in [0.29, 0.717) is 18.0 Å². The number of benzene rings is 2. The largest absolute Gasteiger partial charge is 0.493 e. The lowest BCUT2D eigenvalue weighted by Crippen LogP contribution is -2.30. The second kappa shape index (κ2) is 10.6. The van der Waals surface area contributed by atoms with E-state index in [1.54, 1.807) is 26.6 Å². The number of aromatic nitrogens is 3. The lowest BCUT2D eigenvalue weighted by atomic mass is 9.89. The van der Waals surface area contributed by atoms with Gasteiger partial charge in [0.2, 0.25) is 5.91 Å². The molecule has 0 bridgehead atoms. The summed E-state index contributed by atoms with van der Waals surface area (Å²) in [5.74, 6) is 1.06. The monoisotopic (exact) mass is 498 g/mol. The zero-order valence-electron chi connectivity index (χ0n) is 20.0. The predicted octanol–water partition coefficient (Wildman–Crippen LogP) is 5.19. The normalized spacial score (nSPS) is 11.8. The van der Waals surface area contributed by atoms with Crippen LogP contribution in [0.15, 0.2) is 78.6 Å². The van der Waals surface area contributed by atoms with Crippen molar-refractivity contribution in [3.63, 3.8) is 0 Å². The Kier molecular flexibility index (Phi) is 6.95. The SMILES string of the molecule is COc1cccc(C(CNC(=O)Cc2csc(-c3cccnc3)n2)c2c[nH]c3ccccc23)c1OC. The number of hydrogen-bond donors (Lipinski definition) is 2. The van der Waals surface area contributed by atoms with Crippen LogP contribution in [0, 0.1) is 0 Å². The Bertz CT molecular complexity index is 1480. The van der Waals surface area contributed by atoms with Gasteiger partial charge in [-0.2, -0.15) is 0 Å². The number of pyridine rings is 1. The van der Waals surface area contributed by atoms with Crippen LogP contribution in [0.3, 0.4) is 0 Å². The fraction of sp³-hybridized carbons (Fsp3) is 0.179. The van der Waals surface area contributed by atoms with Crippen molar-refractivity contribution in [2.45, 2.75) is 12.3 Å². The van der Waals surface area contributed by atoms with Gasteiger partial charge in [-0.3, -0.25) is 9.78 Å². The van der Waals surface area contributed by atoms with Crippen LogP contribution >= 0.6 is 11.3 Å². The van der Waals surface area contributed by atoms with Crippen molar-refractivity contribution in [1.82, 2.24) is 20.3 Å².